The molecule has 1 heterocycles. The molecule has 3 nitrogen and oxygen atoms in total. The molecule has 0 unspecified atom stereocenters. The fraction of sp³-hybridized carbons (Fsp3) is 0.195. The normalized spacial score (nSPS) is 11.4. The van der Waals surface area contributed by atoms with Crippen LogP contribution in [-0.2, 0) is 6.17 Å². The first-order chi connectivity index (χ1) is 22.8. The topological polar surface area (TPSA) is 27.1 Å². The largest absolute Gasteiger partial charge is 0.494 e. The zero-order chi connectivity index (χ0) is 31.4. The Balaban J connectivity index is 1.43. The van der Waals surface area contributed by atoms with Gasteiger partial charge in [0.2, 0.25) is 7.28 Å². The Morgan fingerprint density at radius 1 is 0.652 bits per heavy atom. The van der Waals surface area contributed by atoms with Crippen LogP contribution in [0.5, 0.6) is 5.75 Å². The van der Waals surface area contributed by atoms with Crippen molar-refractivity contribution < 1.29 is 4.74 Å². The van der Waals surface area contributed by atoms with Crippen LogP contribution in [0.1, 0.15) is 49.6 Å². The highest BCUT2D eigenvalue weighted by molar-refractivity contribution is 7.10. The minimum atomic E-state index is -2.62. The van der Waals surface area contributed by atoms with Gasteiger partial charge >= 0.3 is 0 Å². The number of hydrogen-bond donors (Lipinski definition) is 0. The minimum absolute atomic E-state index is 0.206. The molecular weight excluding hydrogens is 575 g/mol. The van der Waals surface area contributed by atoms with Gasteiger partial charge in [-0.3, -0.25) is 4.98 Å². The summed E-state index contributed by atoms with van der Waals surface area (Å²) in [7, 11) is -1.80. The van der Waals surface area contributed by atoms with Crippen molar-refractivity contribution in [3.05, 3.63) is 169 Å². The Morgan fingerprint density at radius 3 is 1.80 bits per heavy atom. The second-order valence-corrected chi connectivity index (χ2v) is 16.0. The molecule has 0 saturated carbocycles. The monoisotopic (exact) mass is 618 g/mol. The zero-order valence-corrected chi connectivity index (χ0v) is 27.8. The highest BCUT2D eigenvalue weighted by Crippen LogP contribution is 2.23. The lowest BCUT2D eigenvalue weighted by molar-refractivity contribution is 0.305. The quantitative estimate of drug-likeness (QED) is 0.0757. The van der Waals surface area contributed by atoms with Crippen molar-refractivity contribution in [1.82, 2.24) is 9.55 Å². The van der Waals surface area contributed by atoms with E-state index in [1.807, 2.05) is 6.20 Å². The van der Waals surface area contributed by atoms with E-state index in [1.54, 1.807) is 0 Å². The van der Waals surface area contributed by atoms with Crippen molar-refractivity contribution >= 4 is 36.6 Å². The highest BCUT2D eigenvalue weighted by Gasteiger charge is 2.40. The van der Waals surface area contributed by atoms with Crippen molar-refractivity contribution in [2.24, 2.45) is 0 Å². The predicted octanol–water partition coefficient (Wildman–Crippen LogP) is 6.40. The van der Waals surface area contributed by atoms with E-state index in [0.29, 0.717) is 0 Å². The minimum Gasteiger partial charge on any atom is -0.494 e. The fourth-order valence-corrected chi connectivity index (χ4v) is 11.3. The smallest absolute Gasteiger partial charge is 0.217 e. The van der Waals surface area contributed by atoms with E-state index < -0.39 is 8.07 Å². The molecule has 230 valence electrons. The molecule has 6 aromatic rings. The Morgan fingerprint density at radius 2 is 1.22 bits per heavy atom. The van der Waals surface area contributed by atoms with Gasteiger partial charge in [-0.1, -0.05) is 160 Å². The Kier molecular flexibility index (Phi) is 10.6. The SMILES string of the molecule is CCCCCCOc1cccc([Si](Cn2ccnc2BC(c2ccccc2)c2ccccc2)(c2ccccc2)c2ccccc2)c1. The number of ether oxygens (including phenoxy) is 1. The number of benzene rings is 5. The molecule has 0 bridgehead atoms. The molecular formula is C41H43BN2OSi. The van der Waals surface area contributed by atoms with E-state index in [1.165, 1.54) is 45.9 Å². The van der Waals surface area contributed by atoms with Crippen LogP contribution in [-0.4, -0.2) is 31.5 Å². The summed E-state index contributed by atoms with van der Waals surface area (Å²) in [6.07, 6.45) is 9.78. The van der Waals surface area contributed by atoms with Crippen LogP contribution in [0.2, 0.25) is 0 Å². The molecule has 0 radical (unpaired) electrons. The summed E-state index contributed by atoms with van der Waals surface area (Å²) < 4.78 is 8.81. The molecule has 0 aliphatic carbocycles. The Bertz CT molecular complexity index is 1680. The summed E-state index contributed by atoms with van der Waals surface area (Å²) in [4.78, 5) is 5.02. The van der Waals surface area contributed by atoms with E-state index in [2.05, 4.69) is 163 Å². The van der Waals surface area contributed by atoms with Crippen molar-refractivity contribution in [2.75, 3.05) is 6.61 Å². The van der Waals surface area contributed by atoms with E-state index in [0.717, 1.165) is 37.9 Å². The number of hydrogen-bond acceptors (Lipinski definition) is 2. The molecule has 0 atom stereocenters. The first-order valence-electron chi connectivity index (χ1n) is 16.7. The van der Waals surface area contributed by atoms with Gasteiger partial charge in [0.1, 0.15) is 5.75 Å². The van der Waals surface area contributed by atoms with Crippen LogP contribution in [0.25, 0.3) is 0 Å². The van der Waals surface area contributed by atoms with E-state index in [4.69, 9.17) is 9.72 Å². The highest BCUT2D eigenvalue weighted by atomic mass is 28.3. The molecule has 46 heavy (non-hydrogen) atoms. The third-order valence-corrected chi connectivity index (χ3v) is 13.9. The first kappa shape index (κ1) is 31.4. The molecule has 0 fully saturated rings. The maximum atomic E-state index is 6.37. The molecule has 5 aromatic carbocycles. The lowest BCUT2D eigenvalue weighted by atomic mass is 9.58. The van der Waals surface area contributed by atoms with Crippen molar-refractivity contribution in [1.29, 1.82) is 0 Å². The Hall–Kier alpha value is -4.61. The summed E-state index contributed by atoms with van der Waals surface area (Å²) in [5.41, 5.74) is 3.72. The van der Waals surface area contributed by atoms with Gasteiger partial charge in [0, 0.05) is 18.6 Å². The summed E-state index contributed by atoms with van der Waals surface area (Å²) in [5, 5.41) is 4.10. The summed E-state index contributed by atoms with van der Waals surface area (Å²) in [6, 6.07) is 52.9. The summed E-state index contributed by atoms with van der Waals surface area (Å²) >= 11 is 0. The van der Waals surface area contributed by atoms with E-state index in [9.17, 15) is 0 Å². The van der Waals surface area contributed by atoms with Crippen LogP contribution in [0.3, 0.4) is 0 Å². The Labute approximate surface area is 276 Å². The number of nitrogens with zero attached hydrogens (tertiary/aromatic N) is 2. The van der Waals surface area contributed by atoms with E-state index >= 15 is 0 Å². The fourth-order valence-electron chi connectivity index (χ4n) is 6.70. The van der Waals surface area contributed by atoms with Crippen LogP contribution in [0.4, 0.5) is 0 Å². The van der Waals surface area contributed by atoms with Gasteiger partial charge in [0.15, 0.2) is 8.07 Å². The van der Waals surface area contributed by atoms with Crippen molar-refractivity contribution in [3.63, 3.8) is 0 Å². The van der Waals surface area contributed by atoms with Gasteiger partial charge in [0.25, 0.3) is 0 Å². The number of unbranched alkanes of at least 4 members (excludes halogenated alkanes) is 3. The van der Waals surface area contributed by atoms with Crippen LogP contribution < -0.4 is 26.0 Å². The van der Waals surface area contributed by atoms with Crippen LogP contribution in [0.15, 0.2) is 158 Å². The zero-order valence-electron chi connectivity index (χ0n) is 26.8. The average Bonchev–Trinajstić information content (AvgIpc) is 3.57. The van der Waals surface area contributed by atoms with Gasteiger partial charge in [-0.05, 0) is 51.1 Å². The number of imidazole rings is 1. The van der Waals surface area contributed by atoms with Crippen molar-refractivity contribution in [3.8, 4) is 5.75 Å². The second kappa shape index (κ2) is 15.6. The maximum absolute atomic E-state index is 6.37. The molecule has 1 aromatic heterocycles. The average molecular weight is 619 g/mol. The van der Waals surface area contributed by atoms with Crippen molar-refractivity contribution in [2.45, 2.75) is 44.6 Å². The van der Waals surface area contributed by atoms with Crippen LogP contribution >= 0.6 is 0 Å². The first-order valence-corrected chi connectivity index (χ1v) is 18.9. The molecule has 0 aliphatic rings. The molecule has 0 saturated heterocycles. The van der Waals surface area contributed by atoms with Gasteiger partial charge < -0.3 is 9.30 Å². The van der Waals surface area contributed by atoms with Gasteiger partial charge in [0.05, 0.1) is 12.3 Å². The molecule has 0 spiro atoms. The lowest BCUT2D eigenvalue weighted by Gasteiger charge is -2.35. The van der Waals surface area contributed by atoms with Crippen LogP contribution in [0, 0.1) is 0 Å². The third-order valence-electron chi connectivity index (χ3n) is 9.13. The van der Waals surface area contributed by atoms with Gasteiger partial charge in [-0.15, -0.1) is 0 Å². The van der Waals surface area contributed by atoms with E-state index in [-0.39, 0.29) is 5.82 Å². The maximum Gasteiger partial charge on any atom is 0.217 e. The van der Waals surface area contributed by atoms with Gasteiger partial charge in [-0.2, -0.15) is 0 Å². The third kappa shape index (κ3) is 7.27. The molecule has 0 N–H and O–H groups in total. The molecule has 0 aliphatic heterocycles. The summed E-state index contributed by atoms with van der Waals surface area (Å²) in [6.45, 7) is 3.00. The molecule has 5 heteroatoms. The lowest BCUT2D eigenvalue weighted by Crippen LogP contribution is -2.70. The number of rotatable bonds is 15. The summed E-state index contributed by atoms with van der Waals surface area (Å²) in [5.74, 6) is 1.16. The second-order valence-electron chi connectivity index (χ2n) is 12.1. The standard InChI is InChI=1S/C41H43BN2OSi/c1-2-3-4-17-31-45-36-23-18-28-39(32-36)46(37-24-13-7-14-25-37,38-26-15-8-16-27-38)33-44-30-29-43-41(44)42-40(34-19-9-5-10-20-34)35-21-11-6-12-22-35/h5-16,18-30,32,40,42H,2-4,17,31,33H2,1H3. The molecule has 0 amide bonds. The molecule has 6 rings (SSSR count). The predicted molar refractivity (Wildman–Crippen MR) is 197 cm³/mol. The number of aromatic nitrogens is 2. The van der Waals surface area contributed by atoms with Gasteiger partial charge in [-0.25, -0.2) is 0 Å².